The summed E-state index contributed by atoms with van der Waals surface area (Å²) >= 11 is 0. The van der Waals surface area contributed by atoms with Crippen LogP contribution < -0.4 is 0 Å². The zero-order valence-corrected chi connectivity index (χ0v) is 5.35. The minimum absolute atomic E-state index is 1.12. The first kappa shape index (κ1) is 7.41. The summed E-state index contributed by atoms with van der Waals surface area (Å²) in [5.41, 5.74) is 0. The van der Waals surface area contributed by atoms with Crippen LogP contribution in [0.1, 0.15) is 26.2 Å². The van der Waals surface area contributed by atoms with Gasteiger partial charge in [-0.2, -0.15) is 0 Å². The van der Waals surface area contributed by atoms with Crippen LogP contribution in [-0.4, -0.2) is 6.21 Å². The van der Waals surface area contributed by atoms with Gasteiger partial charge in [0.2, 0.25) is 0 Å². The van der Waals surface area contributed by atoms with Crippen molar-refractivity contribution in [3.05, 3.63) is 12.2 Å². The van der Waals surface area contributed by atoms with E-state index in [1.165, 1.54) is 19.1 Å². The lowest BCUT2D eigenvalue weighted by Crippen LogP contribution is -1.66. The molecule has 0 spiro atoms. The summed E-state index contributed by atoms with van der Waals surface area (Å²) in [6.07, 6.45) is 8.71. The van der Waals surface area contributed by atoms with Gasteiger partial charge >= 0.3 is 0 Å². The maximum Gasteiger partial charge on any atom is 0.0174 e. The Bertz CT molecular complexity index is 74.5. The normalized spacial score (nSPS) is 10.1. The Morgan fingerprint density at radius 1 is 1.50 bits per heavy atom. The standard InChI is InChI=1S/C7H13N/c1-2-3-4-5-6-7-8/h5-8H,2-4H2,1H3/b6-5-,8-7?. The van der Waals surface area contributed by atoms with E-state index in [0.29, 0.717) is 0 Å². The molecule has 1 N–H and O–H groups in total. The lowest BCUT2D eigenvalue weighted by Gasteiger charge is -1.84. The molecule has 0 saturated carbocycles. The van der Waals surface area contributed by atoms with Crippen molar-refractivity contribution in [2.24, 2.45) is 0 Å². The van der Waals surface area contributed by atoms with Gasteiger partial charge in [0.15, 0.2) is 0 Å². The van der Waals surface area contributed by atoms with E-state index < -0.39 is 0 Å². The molecule has 0 saturated heterocycles. The monoisotopic (exact) mass is 111 g/mol. The fourth-order valence-electron chi connectivity index (χ4n) is 0.486. The molecule has 0 amide bonds. The Morgan fingerprint density at radius 3 is 2.75 bits per heavy atom. The van der Waals surface area contributed by atoms with Crippen molar-refractivity contribution >= 4 is 6.21 Å². The van der Waals surface area contributed by atoms with Crippen molar-refractivity contribution in [1.82, 2.24) is 0 Å². The summed E-state index contributed by atoms with van der Waals surface area (Å²) in [6.45, 7) is 2.16. The summed E-state index contributed by atoms with van der Waals surface area (Å²) in [5.74, 6) is 0. The molecule has 0 aliphatic rings. The van der Waals surface area contributed by atoms with Crippen molar-refractivity contribution in [2.45, 2.75) is 26.2 Å². The predicted octanol–water partition coefficient (Wildman–Crippen LogP) is 2.38. The first-order chi connectivity index (χ1) is 3.91. The Labute approximate surface area is 50.9 Å². The number of allylic oxidation sites excluding steroid dienone is 2. The molecule has 0 fully saturated rings. The number of rotatable bonds is 4. The minimum Gasteiger partial charge on any atom is -0.309 e. The van der Waals surface area contributed by atoms with Crippen LogP contribution in [0.4, 0.5) is 0 Å². The highest BCUT2D eigenvalue weighted by atomic mass is 14.3. The van der Waals surface area contributed by atoms with Crippen LogP contribution in [0.3, 0.4) is 0 Å². The average molecular weight is 111 g/mol. The zero-order chi connectivity index (χ0) is 6.24. The van der Waals surface area contributed by atoms with Gasteiger partial charge < -0.3 is 5.41 Å². The summed E-state index contributed by atoms with van der Waals surface area (Å²) in [7, 11) is 0. The quantitative estimate of drug-likeness (QED) is 0.425. The van der Waals surface area contributed by atoms with Crippen LogP contribution in [0.25, 0.3) is 0 Å². The van der Waals surface area contributed by atoms with E-state index in [-0.39, 0.29) is 0 Å². The molecule has 1 heteroatoms. The van der Waals surface area contributed by atoms with Gasteiger partial charge in [0.1, 0.15) is 0 Å². The molecule has 1 nitrogen and oxygen atoms in total. The van der Waals surface area contributed by atoms with Gasteiger partial charge in [-0.1, -0.05) is 25.8 Å². The third kappa shape index (κ3) is 5.41. The lowest BCUT2D eigenvalue weighted by molar-refractivity contribution is 0.815. The Hall–Kier alpha value is -0.590. The third-order valence-electron chi connectivity index (χ3n) is 0.957. The van der Waals surface area contributed by atoms with E-state index >= 15 is 0 Å². The molecule has 0 rings (SSSR count). The first-order valence-electron chi connectivity index (χ1n) is 3.07. The number of hydrogen-bond donors (Lipinski definition) is 1. The predicted molar refractivity (Wildman–Crippen MR) is 37.4 cm³/mol. The first-order valence-corrected chi connectivity index (χ1v) is 3.07. The molecule has 8 heavy (non-hydrogen) atoms. The van der Waals surface area contributed by atoms with Crippen molar-refractivity contribution in [2.75, 3.05) is 0 Å². The molecule has 46 valence electrons. The molecule has 0 aromatic rings. The van der Waals surface area contributed by atoms with E-state index in [2.05, 4.69) is 6.92 Å². The Balaban J connectivity index is 2.91. The van der Waals surface area contributed by atoms with Gasteiger partial charge in [0.05, 0.1) is 0 Å². The Kier molecular flexibility index (Phi) is 5.94. The van der Waals surface area contributed by atoms with Gasteiger partial charge in [-0.25, -0.2) is 0 Å². The van der Waals surface area contributed by atoms with Crippen LogP contribution in [-0.2, 0) is 0 Å². The SMILES string of the molecule is CCCC/C=C\C=N. The fourth-order valence-corrected chi connectivity index (χ4v) is 0.486. The van der Waals surface area contributed by atoms with E-state index in [0.717, 1.165) is 6.42 Å². The number of unbranched alkanes of at least 4 members (excludes halogenated alkanes) is 2. The molecule has 0 atom stereocenters. The van der Waals surface area contributed by atoms with Crippen molar-refractivity contribution < 1.29 is 0 Å². The molecule has 0 radical (unpaired) electrons. The third-order valence-corrected chi connectivity index (χ3v) is 0.957. The molecule has 0 unspecified atom stereocenters. The molecule has 0 aliphatic carbocycles. The minimum atomic E-state index is 1.12. The van der Waals surface area contributed by atoms with Crippen LogP contribution in [0, 0.1) is 5.41 Å². The average Bonchev–Trinajstić information content (AvgIpc) is 1.81. The van der Waals surface area contributed by atoms with Gasteiger partial charge in [0, 0.05) is 6.21 Å². The smallest absolute Gasteiger partial charge is 0.0174 e. The van der Waals surface area contributed by atoms with Crippen LogP contribution in [0.5, 0.6) is 0 Å². The molecule has 0 aromatic heterocycles. The summed E-state index contributed by atoms with van der Waals surface area (Å²) in [4.78, 5) is 0. The second kappa shape index (κ2) is 6.41. The van der Waals surface area contributed by atoms with Crippen LogP contribution in [0.15, 0.2) is 12.2 Å². The fraction of sp³-hybridized carbons (Fsp3) is 0.571. The number of hydrogen-bond acceptors (Lipinski definition) is 1. The maximum absolute atomic E-state index is 6.63. The largest absolute Gasteiger partial charge is 0.309 e. The summed E-state index contributed by atoms with van der Waals surface area (Å²) in [6, 6.07) is 0. The van der Waals surface area contributed by atoms with Crippen molar-refractivity contribution in [3.8, 4) is 0 Å². The second-order valence-electron chi connectivity index (χ2n) is 1.74. The highest BCUT2D eigenvalue weighted by molar-refractivity contribution is 5.67. The van der Waals surface area contributed by atoms with Crippen LogP contribution >= 0.6 is 0 Å². The van der Waals surface area contributed by atoms with Crippen molar-refractivity contribution in [1.29, 1.82) is 5.41 Å². The van der Waals surface area contributed by atoms with Gasteiger partial charge in [0.25, 0.3) is 0 Å². The van der Waals surface area contributed by atoms with E-state index in [1.807, 2.05) is 6.08 Å². The zero-order valence-electron chi connectivity index (χ0n) is 5.35. The molecule has 0 aliphatic heterocycles. The van der Waals surface area contributed by atoms with E-state index in [9.17, 15) is 0 Å². The summed E-state index contributed by atoms with van der Waals surface area (Å²) in [5, 5.41) is 6.63. The van der Waals surface area contributed by atoms with Crippen LogP contribution in [0.2, 0.25) is 0 Å². The van der Waals surface area contributed by atoms with Gasteiger partial charge in [-0.3, -0.25) is 0 Å². The van der Waals surface area contributed by atoms with E-state index in [1.54, 1.807) is 6.08 Å². The van der Waals surface area contributed by atoms with Crippen molar-refractivity contribution in [3.63, 3.8) is 0 Å². The second-order valence-corrected chi connectivity index (χ2v) is 1.74. The molecular weight excluding hydrogens is 98.1 g/mol. The molecule has 0 bridgehead atoms. The maximum atomic E-state index is 6.63. The molecule has 0 heterocycles. The highest BCUT2D eigenvalue weighted by Crippen LogP contribution is 1.93. The lowest BCUT2D eigenvalue weighted by atomic mass is 10.2. The Morgan fingerprint density at radius 2 is 2.25 bits per heavy atom. The van der Waals surface area contributed by atoms with Gasteiger partial charge in [-0.15, -0.1) is 0 Å². The van der Waals surface area contributed by atoms with E-state index in [4.69, 9.17) is 5.41 Å². The topological polar surface area (TPSA) is 23.9 Å². The molecular formula is C7H13N. The number of nitrogens with one attached hydrogen (secondary N) is 1. The van der Waals surface area contributed by atoms with Gasteiger partial charge in [-0.05, 0) is 12.5 Å². The molecule has 0 aromatic carbocycles. The highest BCUT2D eigenvalue weighted by Gasteiger charge is 1.74. The summed E-state index contributed by atoms with van der Waals surface area (Å²) < 4.78 is 0.